The Morgan fingerprint density at radius 1 is 1.07 bits per heavy atom. The fraction of sp³-hybridized carbons (Fsp3) is 0.125. The molecule has 0 spiro atoms. The van der Waals surface area contributed by atoms with Gasteiger partial charge in [-0.15, -0.1) is 0 Å². The van der Waals surface area contributed by atoms with Crippen LogP contribution in [0, 0.1) is 0 Å². The molecule has 0 aliphatic rings. The molecule has 3 aromatic heterocycles. The predicted octanol–water partition coefficient (Wildman–Crippen LogP) is 4.93. The van der Waals surface area contributed by atoms with Crippen molar-refractivity contribution in [1.29, 1.82) is 0 Å². The Kier molecular flexibility index (Phi) is 5.57. The van der Waals surface area contributed by atoms with Crippen molar-refractivity contribution in [3.05, 3.63) is 90.4 Å². The molecule has 0 bridgehead atoms. The Balaban J connectivity index is 1.41. The Bertz CT molecular complexity index is 1170. The standard InChI is InChI=1S/C24H23N5O/c1-17(20-16-26-21-8-4-3-7-19(20)21)29(2)24(30)13-11-18-10-12-23(27-15-18)28-22-9-5-6-14-25-22/h3-17,26H,1-2H3,(H,25,27,28)/b13-11+. The zero-order valence-corrected chi connectivity index (χ0v) is 16.9. The highest BCUT2D eigenvalue weighted by molar-refractivity contribution is 5.92. The van der Waals surface area contributed by atoms with Crippen molar-refractivity contribution in [3.8, 4) is 0 Å². The van der Waals surface area contributed by atoms with Crippen molar-refractivity contribution < 1.29 is 4.79 Å². The summed E-state index contributed by atoms with van der Waals surface area (Å²) in [4.78, 5) is 26.3. The number of H-pyrrole nitrogens is 1. The maximum atomic E-state index is 12.7. The summed E-state index contributed by atoms with van der Waals surface area (Å²) in [5.74, 6) is 1.36. The highest BCUT2D eigenvalue weighted by Gasteiger charge is 2.18. The van der Waals surface area contributed by atoms with E-state index in [9.17, 15) is 4.79 Å². The maximum absolute atomic E-state index is 12.7. The average Bonchev–Trinajstić information content (AvgIpc) is 3.22. The summed E-state index contributed by atoms with van der Waals surface area (Å²) in [5.41, 5.74) is 3.02. The van der Waals surface area contributed by atoms with Gasteiger partial charge >= 0.3 is 0 Å². The van der Waals surface area contributed by atoms with Crippen LogP contribution in [0.15, 0.2) is 79.3 Å². The summed E-state index contributed by atoms with van der Waals surface area (Å²) in [7, 11) is 1.82. The molecule has 6 nitrogen and oxygen atoms in total. The molecule has 0 fully saturated rings. The van der Waals surface area contributed by atoms with Gasteiger partial charge in [0.05, 0.1) is 6.04 Å². The topological polar surface area (TPSA) is 73.9 Å². The molecule has 4 aromatic rings. The summed E-state index contributed by atoms with van der Waals surface area (Å²) in [6.45, 7) is 2.03. The van der Waals surface area contributed by atoms with Crippen LogP contribution >= 0.6 is 0 Å². The Morgan fingerprint density at radius 2 is 1.87 bits per heavy atom. The molecule has 1 amide bonds. The van der Waals surface area contributed by atoms with Gasteiger partial charge in [0.25, 0.3) is 0 Å². The molecule has 0 aliphatic heterocycles. The largest absolute Gasteiger partial charge is 0.361 e. The van der Waals surface area contributed by atoms with Crippen LogP contribution in [0.2, 0.25) is 0 Å². The van der Waals surface area contributed by atoms with Crippen LogP contribution in [0.3, 0.4) is 0 Å². The second-order valence-corrected chi connectivity index (χ2v) is 7.06. The fourth-order valence-electron chi connectivity index (χ4n) is 3.27. The second kappa shape index (κ2) is 8.61. The van der Waals surface area contributed by atoms with Gasteiger partial charge in [-0.2, -0.15) is 0 Å². The lowest BCUT2D eigenvalue weighted by Gasteiger charge is -2.23. The minimum absolute atomic E-state index is 0.0543. The number of fused-ring (bicyclic) bond motifs is 1. The molecule has 6 heteroatoms. The number of nitrogens with zero attached hydrogens (tertiary/aromatic N) is 3. The van der Waals surface area contributed by atoms with Crippen LogP contribution in [0.5, 0.6) is 0 Å². The van der Waals surface area contributed by atoms with Crippen LogP contribution in [-0.2, 0) is 4.79 Å². The number of hydrogen-bond acceptors (Lipinski definition) is 4. The first-order valence-corrected chi connectivity index (χ1v) is 9.77. The van der Waals surface area contributed by atoms with Gasteiger partial charge < -0.3 is 15.2 Å². The van der Waals surface area contributed by atoms with E-state index in [1.165, 1.54) is 0 Å². The third kappa shape index (κ3) is 4.22. The molecule has 2 N–H and O–H groups in total. The summed E-state index contributed by atoms with van der Waals surface area (Å²) in [6, 6.07) is 17.5. The molecular formula is C24H23N5O. The molecule has 150 valence electrons. The Labute approximate surface area is 175 Å². The van der Waals surface area contributed by atoms with Gasteiger partial charge in [0.1, 0.15) is 11.6 Å². The van der Waals surface area contributed by atoms with Gasteiger partial charge in [-0.3, -0.25) is 4.79 Å². The van der Waals surface area contributed by atoms with Crippen LogP contribution in [0.4, 0.5) is 11.6 Å². The normalized spacial score (nSPS) is 12.2. The van der Waals surface area contributed by atoms with Gasteiger partial charge in [-0.05, 0) is 54.5 Å². The second-order valence-electron chi connectivity index (χ2n) is 7.06. The number of pyridine rings is 2. The third-order valence-corrected chi connectivity index (χ3v) is 5.13. The first-order chi connectivity index (χ1) is 14.6. The van der Waals surface area contributed by atoms with Gasteiger partial charge in [0.2, 0.25) is 5.91 Å². The number of nitrogens with one attached hydrogen (secondary N) is 2. The van der Waals surface area contributed by atoms with E-state index in [4.69, 9.17) is 0 Å². The molecule has 0 aliphatic carbocycles. The Hall–Kier alpha value is -3.93. The van der Waals surface area contributed by atoms with E-state index in [1.54, 1.807) is 29.4 Å². The monoisotopic (exact) mass is 397 g/mol. The van der Waals surface area contributed by atoms with E-state index in [0.29, 0.717) is 5.82 Å². The van der Waals surface area contributed by atoms with Crippen molar-refractivity contribution in [1.82, 2.24) is 19.9 Å². The number of likely N-dealkylation sites (N-methyl/N-ethyl adjacent to an activating group) is 1. The molecule has 4 rings (SSSR count). The lowest BCUT2D eigenvalue weighted by Crippen LogP contribution is -2.27. The zero-order chi connectivity index (χ0) is 20.9. The zero-order valence-electron chi connectivity index (χ0n) is 16.9. The minimum Gasteiger partial charge on any atom is -0.361 e. The molecule has 0 radical (unpaired) electrons. The number of carbonyl (C=O) groups excluding carboxylic acids is 1. The molecule has 1 aromatic carbocycles. The molecule has 30 heavy (non-hydrogen) atoms. The van der Waals surface area contributed by atoms with Crippen LogP contribution in [0.25, 0.3) is 17.0 Å². The van der Waals surface area contributed by atoms with Crippen molar-refractivity contribution in [3.63, 3.8) is 0 Å². The summed E-state index contributed by atoms with van der Waals surface area (Å²) in [6.07, 6.45) is 8.77. The number of para-hydroxylation sites is 1. The lowest BCUT2D eigenvalue weighted by atomic mass is 10.1. The number of carbonyl (C=O) groups is 1. The molecule has 3 heterocycles. The fourth-order valence-corrected chi connectivity index (χ4v) is 3.27. The van der Waals surface area contributed by atoms with E-state index in [-0.39, 0.29) is 11.9 Å². The van der Waals surface area contributed by atoms with Crippen LogP contribution in [-0.4, -0.2) is 32.8 Å². The highest BCUT2D eigenvalue weighted by Crippen LogP contribution is 2.27. The van der Waals surface area contributed by atoms with E-state index < -0.39 is 0 Å². The number of benzene rings is 1. The van der Waals surface area contributed by atoms with Crippen molar-refractivity contribution in [2.75, 3.05) is 12.4 Å². The van der Waals surface area contributed by atoms with Gasteiger partial charge in [-0.1, -0.05) is 24.3 Å². The van der Waals surface area contributed by atoms with E-state index >= 15 is 0 Å². The van der Waals surface area contributed by atoms with Crippen molar-refractivity contribution >= 4 is 34.5 Å². The molecule has 0 saturated heterocycles. The Morgan fingerprint density at radius 3 is 2.63 bits per heavy atom. The van der Waals surface area contributed by atoms with Gasteiger partial charge in [0.15, 0.2) is 0 Å². The molecule has 1 unspecified atom stereocenters. The molecular weight excluding hydrogens is 374 g/mol. The summed E-state index contributed by atoms with van der Waals surface area (Å²) in [5, 5.41) is 4.27. The highest BCUT2D eigenvalue weighted by atomic mass is 16.2. The van der Waals surface area contributed by atoms with Crippen molar-refractivity contribution in [2.24, 2.45) is 0 Å². The van der Waals surface area contributed by atoms with Crippen LogP contribution < -0.4 is 5.32 Å². The summed E-state index contributed by atoms with van der Waals surface area (Å²) >= 11 is 0. The smallest absolute Gasteiger partial charge is 0.246 e. The number of aromatic amines is 1. The average molecular weight is 397 g/mol. The SMILES string of the molecule is CC(c1c[nH]c2ccccc12)N(C)C(=O)/C=C/c1ccc(Nc2ccccn2)nc1. The van der Waals surface area contributed by atoms with Crippen molar-refractivity contribution in [2.45, 2.75) is 13.0 Å². The van der Waals surface area contributed by atoms with Gasteiger partial charge in [-0.25, -0.2) is 9.97 Å². The molecule has 1 atom stereocenters. The number of anilines is 2. The summed E-state index contributed by atoms with van der Waals surface area (Å²) < 4.78 is 0. The number of aromatic nitrogens is 3. The lowest BCUT2D eigenvalue weighted by molar-refractivity contribution is -0.126. The third-order valence-electron chi connectivity index (χ3n) is 5.13. The van der Waals surface area contributed by atoms with Crippen LogP contribution in [0.1, 0.15) is 24.1 Å². The quantitative estimate of drug-likeness (QED) is 0.452. The maximum Gasteiger partial charge on any atom is 0.246 e. The predicted molar refractivity (Wildman–Crippen MR) is 120 cm³/mol. The van der Waals surface area contributed by atoms with Gasteiger partial charge in [0, 0.05) is 42.6 Å². The molecule has 0 saturated carbocycles. The first-order valence-electron chi connectivity index (χ1n) is 9.77. The minimum atomic E-state index is -0.0662. The first kappa shape index (κ1) is 19.4. The number of hydrogen-bond donors (Lipinski definition) is 2. The van der Waals surface area contributed by atoms with E-state index in [0.717, 1.165) is 27.8 Å². The van der Waals surface area contributed by atoms with E-state index in [1.807, 2.05) is 68.7 Å². The van der Waals surface area contributed by atoms with E-state index in [2.05, 4.69) is 26.3 Å². The number of amides is 1. The number of rotatable bonds is 6.